The largest absolute Gasteiger partial charge is 0.326 e. The highest BCUT2D eigenvalue weighted by molar-refractivity contribution is 6.30. The molecule has 1 atom stereocenters. The Morgan fingerprint density at radius 1 is 1.50 bits per heavy atom. The molecule has 0 heterocycles. The van der Waals surface area contributed by atoms with E-state index in [2.05, 4.69) is 6.07 Å². The molecule has 4 heteroatoms. The number of rotatable bonds is 3. The van der Waals surface area contributed by atoms with Gasteiger partial charge in [0, 0.05) is 18.5 Å². The van der Waals surface area contributed by atoms with E-state index in [1.807, 2.05) is 0 Å². The Bertz CT molecular complexity index is 408. The van der Waals surface area contributed by atoms with Crippen molar-refractivity contribution in [2.45, 2.75) is 19.4 Å². The van der Waals surface area contributed by atoms with E-state index >= 15 is 0 Å². The first-order valence-corrected chi connectivity index (χ1v) is 5.38. The summed E-state index contributed by atoms with van der Waals surface area (Å²) < 4.78 is 0. The number of nitriles is 1. The van der Waals surface area contributed by atoms with Crippen LogP contribution in [0, 0.1) is 11.3 Å². The van der Waals surface area contributed by atoms with Crippen molar-refractivity contribution in [3.8, 4) is 6.07 Å². The third-order valence-electron chi connectivity index (χ3n) is 2.39. The van der Waals surface area contributed by atoms with E-state index in [1.54, 1.807) is 38.2 Å². The molecule has 0 aliphatic carbocycles. The number of halogens is 1. The van der Waals surface area contributed by atoms with Gasteiger partial charge >= 0.3 is 0 Å². The minimum absolute atomic E-state index is 0.0542. The molecule has 3 nitrogen and oxygen atoms in total. The van der Waals surface area contributed by atoms with E-state index in [0.29, 0.717) is 11.4 Å². The van der Waals surface area contributed by atoms with E-state index in [1.165, 1.54) is 4.90 Å². The predicted molar refractivity (Wildman–Crippen MR) is 62.9 cm³/mol. The van der Waals surface area contributed by atoms with E-state index in [0.717, 1.165) is 5.56 Å². The van der Waals surface area contributed by atoms with Crippen molar-refractivity contribution in [2.75, 3.05) is 7.05 Å². The second kappa shape index (κ2) is 5.53. The number of carbonyl (C=O) groups excluding carboxylic acids is 1. The van der Waals surface area contributed by atoms with Crippen LogP contribution in [0.3, 0.4) is 0 Å². The molecule has 16 heavy (non-hydrogen) atoms. The summed E-state index contributed by atoms with van der Waals surface area (Å²) in [6.07, 6.45) is 0.391. The quantitative estimate of drug-likeness (QED) is 0.810. The Kier molecular flexibility index (Phi) is 4.33. The zero-order valence-corrected chi connectivity index (χ0v) is 10.0. The third-order valence-corrected chi connectivity index (χ3v) is 2.64. The fourth-order valence-corrected chi connectivity index (χ4v) is 1.55. The van der Waals surface area contributed by atoms with Gasteiger partial charge in [-0.15, -0.1) is 0 Å². The van der Waals surface area contributed by atoms with Gasteiger partial charge in [0.1, 0.15) is 6.04 Å². The van der Waals surface area contributed by atoms with E-state index in [4.69, 9.17) is 16.9 Å². The van der Waals surface area contributed by atoms with Gasteiger partial charge in [-0.1, -0.05) is 30.7 Å². The van der Waals surface area contributed by atoms with Gasteiger partial charge in [0.2, 0.25) is 5.91 Å². The molecular weight excluding hydrogens is 224 g/mol. The van der Waals surface area contributed by atoms with Crippen molar-refractivity contribution in [2.24, 2.45) is 0 Å². The van der Waals surface area contributed by atoms with Crippen LogP contribution < -0.4 is 0 Å². The summed E-state index contributed by atoms with van der Waals surface area (Å²) in [7, 11) is 1.63. The fraction of sp³-hybridized carbons (Fsp3) is 0.333. The van der Waals surface area contributed by atoms with Crippen molar-refractivity contribution in [3.05, 3.63) is 34.9 Å². The molecule has 1 unspecified atom stereocenters. The average Bonchev–Trinajstić information content (AvgIpc) is 2.31. The molecule has 0 spiro atoms. The Hall–Kier alpha value is -1.53. The van der Waals surface area contributed by atoms with Crippen molar-refractivity contribution in [3.63, 3.8) is 0 Å². The summed E-state index contributed by atoms with van der Waals surface area (Å²) in [4.78, 5) is 12.9. The number of carbonyl (C=O) groups is 1. The van der Waals surface area contributed by atoms with Gasteiger partial charge < -0.3 is 4.90 Å². The molecule has 1 amide bonds. The molecule has 1 aromatic carbocycles. The number of hydrogen-bond donors (Lipinski definition) is 0. The topological polar surface area (TPSA) is 44.1 Å². The molecule has 0 aliphatic heterocycles. The number of hydrogen-bond acceptors (Lipinski definition) is 2. The molecule has 0 N–H and O–H groups in total. The second-order valence-corrected chi connectivity index (χ2v) is 3.88. The van der Waals surface area contributed by atoms with Crippen LogP contribution >= 0.6 is 11.6 Å². The highest BCUT2D eigenvalue weighted by atomic mass is 35.5. The van der Waals surface area contributed by atoms with Gasteiger partial charge in [0.05, 0.1) is 6.07 Å². The molecule has 1 rings (SSSR count). The molecule has 84 valence electrons. The molecular formula is C12H13ClN2O. The Morgan fingerprint density at radius 2 is 2.06 bits per heavy atom. The Balaban J connectivity index is 2.95. The van der Waals surface area contributed by atoms with Gasteiger partial charge in [0.15, 0.2) is 0 Å². The Morgan fingerprint density at radius 3 is 2.50 bits per heavy atom. The highest BCUT2D eigenvalue weighted by Gasteiger charge is 2.19. The number of nitrogens with zero attached hydrogens (tertiary/aromatic N) is 2. The SMILES string of the molecule is CCC(=O)N(C)C(C#N)c1ccc(Cl)cc1. The van der Waals surface area contributed by atoms with E-state index in [-0.39, 0.29) is 5.91 Å². The van der Waals surface area contributed by atoms with Crippen LogP contribution in [-0.2, 0) is 4.79 Å². The molecule has 1 aromatic rings. The third kappa shape index (κ3) is 2.74. The monoisotopic (exact) mass is 236 g/mol. The lowest BCUT2D eigenvalue weighted by atomic mass is 10.1. The van der Waals surface area contributed by atoms with Gasteiger partial charge in [-0.05, 0) is 17.7 Å². The predicted octanol–water partition coefficient (Wildman–Crippen LogP) is 2.77. The van der Waals surface area contributed by atoms with Gasteiger partial charge in [-0.25, -0.2) is 0 Å². The normalized spacial score (nSPS) is 11.6. The van der Waals surface area contributed by atoms with Crippen LogP contribution in [0.15, 0.2) is 24.3 Å². The zero-order valence-electron chi connectivity index (χ0n) is 9.27. The summed E-state index contributed by atoms with van der Waals surface area (Å²) in [5.74, 6) is -0.0542. The molecule has 0 saturated carbocycles. The second-order valence-electron chi connectivity index (χ2n) is 3.44. The van der Waals surface area contributed by atoms with Crippen molar-refractivity contribution >= 4 is 17.5 Å². The van der Waals surface area contributed by atoms with Crippen molar-refractivity contribution in [1.82, 2.24) is 4.90 Å². The van der Waals surface area contributed by atoms with Crippen molar-refractivity contribution < 1.29 is 4.79 Å². The lowest BCUT2D eigenvalue weighted by Gasteiger charge is -2.22. The Labute approximate surface area is 100 Å². The van der Waals surface area contributed by atoms with E-state index < -0.39 is 6.04 Å². The molecule has 0 bridgehead atoms. The minimum atomic E-state index is -0.551. The lowest BCUT2D eigenvalue weighted by molar-refractivity contribution is -0.130. The lowest BCUT2D eigenvalue weighted by Crippen LogP contribution is -2.29. The first-order chi connectivity index (χ1) is 7.60. The maximum atomic E-state index is 11.5. The van der Waals surface area contributed by atoms with Crippen LogP contribution in [0.25, 0.3) is 0 Å². The van der Waals surface area contributed by atoms with Crippen LogP contribution in [0.4, 0.5) is 0 Å². The van der Waals surface area contributed by atoms with Gasteiger partial charge in [-0.3, -0.25) is 4.79 Å². The van der Waals surface area contributed by atoms with Crippen LogP contribution in [0.2, 0.25) is 5.02 Å². The number of benzene rings is 1. The molecule has 0 saturated heterocycles. The molecule has 0 radical (unpaired) electrons. The van der Waals surface area contributed by atoms with Crippen LogP contribution in [0.5, 0.6) is 0 Å². The summed E-state index contributed by atoms with van der Waals surface area (Å²) in [6.45, 7) is 1.77. The molecule has 0 aliphatic rings. The smallest absolute Gasteiger partial charge is 0.223 e. The standard InChI is InChI=1S/C12H13ClN2O/c1-3-12(16)15(2)11(8-14)9-4-6-10(13)7-5-9/h4-7,11H,3H2,1-2H3. The summed E-state index contributed by atoms with van der Waals surface area (Å²) in [5, 5.41) is 9.70. The first kappa shape index (κ1) is 12.5. The maximum Gasteiger partial charge on any atom is 0.223 e. The minimum Gasteiger partial charge on any atom is -0.326 e. The molecule has 0 fully saturated rings. The fourth-order valence-electron chi connectivity index (χ4n) is 1.42. The van der Waals surface area contributed by atoms with Crippen LogP contribution in [-0.4, -0.2) is 17.9 Å². The van der Waals surface area contributed by atoms with Crippen LogP contribution in [0.1, 0.15) is 24.9 Å². The number of amides is 1. The first-order valence-electron chi connectivity index (χ1n) is 5.01. The zero-order chi connectivity index (χ0) is 12.1. The molecule has 0 aromatic heterocycles. The summed E-state index contributed by atoms with van der Waals surface area (Å²) in [6, 6.07) is 8.51. The summed E-state index contributed by atoms with van der Waals surface area (Å²) >= 11 is 5.77. The highest BCUT2D eigenvalue weighted by Crippen LogP contribution is 2.21. The summed E-state index contributed by atoms with van der Waals surface area (Å²) in [5.41, 5.74) is 0.774. The van der Waals surface area contributed by atoms with Gasteiger partial charge in [-0.2, -0.15) is 5.26 Å². The maximum absolute atomic E-state index is 11.5. The van der Waals surface area contributed by atoms with E-state index in [9.17, 15) is 4.79 Å². The van der Waals surface area contributed by atoms with Crippen molar-refractivity contribution in [1.29, 1.82) is 5.26 Å². The van der Waals surface area contributed by atoms with Gasteiger partial charge in [0.25, 0.3) is 0 Å². The average molecular weight is 237 g/mol.